The van der Waals surface area contributed by atoms with E-state index in [1.54, 1.807) is 19.9 Å². The Kier molecular flexibility index (Phi) is 7.02. The molecule has 0 bridgehead atoms. The molecule has 3 fully saturated rings. The maximum Gasteiger partial charge on any atom is 0.270 e. The second kappa shape index (κ2) is 10.2. The van der Waals surface area contributed by atoms with E-state index in [0.29, 0.717) is 43.1 Å². The number of rotatable bonds is 6. The minimum atomic E-state index is -0.605. The van der Waals surface area contributed by atoms with Crippen molar-refractivity contribution in [2.45, 2.75) is 84.3 Å². The highest BCUT2D eigenvalue weighted by Gasteiger charge is 2.46. The van der Waals surface area contributed by atoms with E-state index < -0.39 is 17.3 Å². The van der Waals surface area contributed by atoms with Gasteiger partial charge in [-0.1, -0.05) is 13.8 Å². The summed E-state index contributed by atoms with van der Waals surface area (Å²) >= 11 is 0. The molecule has 1 unspecified atom stereocenters. The number of nitrogens with zero attached hydrogens (tertiary/aromatic N) is 5. The van der Waals surface area contributed by atoms with Gasteiger partial charge in [0.25, 0.3) is 11.5 Å². The van der Waals surface area contributed by atoms with Crippen molar-refractivity contribution in [3.63, 3.8) is 0 Å². The molecule has 11 nitrogen and oxygen atoms in total. The largest absolute Gasteiger partial charge is 0.492 e. The third-order valence-corrected chi connectivity index (χ3v) is 8.16. The lowest BCUT2D eigenvalue weighted by Gasteiger charge is -2.45. The first-order valence-corrected chi connectivity index (χ1v) is 13.9. The zero-order valence-electron chi connectivity index (χ0n) is 23.2. The number of carbonyl (C=O) groups is 3. The van der Waals surface area contributed by atoms with E-state index in [4.69, 9.17) is 0 Å². The molecule has 5 rings (SSSR count). The van der Waals surface area contributed by atoms with Gasteiger partial charge in [-0.2, -0.15) is 9.61 Å². The van der Waals surface area contributed by atoms with Gasteiger partial charge in [0.15, 0.2) is 5.56 Å². The molecule has 39 heavy (non-hydrogen) atoms. The fourth-order valence-corrected chi connectivity index (χ4v) is 6.11. The number of carbonyl (C=O) groups excluding carboxylic acids is 3. The van der Waals surface area contributed by atoms with Gasteiger partial charge in [0.2, 0.25) is 17.7 Å². The van der Waals surface area contributed by atoms with Crippen molar-refractivity contribution in [1.29, 1.82) is 0 Å². The highest BCUT2D eigenvalue weighted by Crippen LogP contribution is 2.37. The Morgan fingerprint density at radius 1 is 1.18 bits per heavy atom. The fraction of sp³-hybridized carbons (Fsp3) is 0.607. The van der Waals surface area contributed by atoms with Crippen LogP contribution in [-0.2, 0) is 16.1 Å². The molecule has 3 aliphatic rings. The van der Waals surface area contributed by atoms with Crippen LogP contribution in [-0.4, -0.2) is 78.0 Å². The summed E-state index contributed by atoms with van der Waals surface area (Å²) < 4.78 is 2.70. The maximum absolute atomic E-state index is 13.5. The number of hydrogen-bond acceptors (Lipinski definition) is 6. The molecule has 3 amide bonds. The number of nitrogens with one attached hydrogen (secondary N) is 1. The molecule has 2 N–H and O–H groups in total. The quantitative estimate of drug-likeness (QED) is 0.542. The molecular weight excluding hydrogens is 500 g/mol. The van der Waals surface area contributed by atoms with Crippen molar-refractivity contribution in [3.8, 4) is 5.88 Å². The van der Waals surface area contributed by atoms with E-state index in [2.05, 4.69) is 10.4 Å². The van der Waals surface area contributed by atoms with E-state index in [1.807, 2.05) is 23.6 Å². The maximum atomic E-state index is 13.5. The van der Waals surface area contributed by atoms with E-state index in [1.165, 1.54) is 15.2 Å². The van der Waals surface area contributed by atoms with Crippen molar-refractivity contribution >= 4 is 29.4 Å². The minimum absolute atomic E-state index is 0.0231. The minimum Gasteiger partial charge on any atom is -0.492 e. The van der Waals surface area contributed by atoms with E-state index in [-0.39, 0.29) is 34.9 Å². The molecule has 1 saturated carbocycles. The first-order valence-electron chi connectivity index (χ1n) is 13.9. The number of aromatic hydroxyl groups is 1. The average Bonchev–Trinajstić information content (AvgIpc) is 3.50. The first kappa shape index (κ1) is 27.0. The standard InChI is InChI=1S/C28H38N6O5/c1-17(2)15-32-25-21(18(3)30-34(25)27(39)23(26(32)38)24(37)29-20-7-8-20)9-10-22(36)33-14-6-12-28(33)11-5-13-31(16-28)19(4)35/h9-10,17,20,39H,5-8,11-16H2,1-4H3,(H,29,37)/b10-9+. The van der Waals surface area contributed by atoms with Gasteiger partial charge in [-0.05, 0) is 57.4 Å². The van der Waals surface area contributed by atoms with Crippen LogP contribution in [0.4, 0.5) is 0 Å². The summed E-state index contributed by atoms with van der Waals surface area (Å²) in [6.07, 6.45) is 8.31. The van der Waals surface area contributed by atoms with Crippen LogP contribution >= 0.6 is 0 Å². The van der Waals surface area contributed by atoms with E-state index in [9.17, 15) is 24.3 Å². The van der Waals surface area contributed by atoms with E-state index in [0.717, 1.165) is 38.5 Å². The molecule has 210 valence electrons. The van der Waals surface area contributed by atoms with Gasteiger partial charge in [0.05, 0.1) is 11.2 Å². The summed E-state index contributed by atoms with van der Waals surface area (Å²) in [5.74, 6) is -1.17. The molecule has 1 aliphatic carbocycles. The van der Waals surface area contributed by atoms with E-state index >= 15 is 0 Å². The molecule has 2 aromatic rings. The number of fused-ring (bicyclic) bond motifs is 1. The zero-order chi connectivity index (χ0) is 28.1. The second-order valence-corrected chi connectivity index (χ2v) is 11.7. The molecule has 2 saturated heterocycles. The smallest absolute Gasteiger partial charge is 0.270 e. The van der Waals surface area contributed by atoms with Gasteiger partial charge in [0, 0.05) is 50.8 Å². The van der Waals surface area contributed by atoms with Gasteiger partial charge in [-0.25, -0.2) is 0 Å². The highest BCUT2D eigenvalue weighted by atomic mass is 16.3. The normalized spacial score (nSPS) is 21.6. The topological polar surface area (TPSA) is 129 Å². The Morgan fingerprint density at radius 3 is 2.51 bits per heavy atom. The predicted molar refractivity (Wildman–Crippen MR) is 145 cm³/mol. The van der Waals surface area contributed by atoms with Crippen molar-refractivity contribution in [3.05, 3.63) is 33.3 Å². The van der Waals surface area contributed by atoms with Gasteiger partial charge < -0.3 is 20.2 Å². The van der Waals surface area contributed by atoms with Crippen molar-refractivity contribution in [2.24, 2.45) is 5.92 Å². The van der Waals surface area contributed by atoms with Crippen LogP contribution in [0.15, 0.2) is 10.9 Å². The Hall–Kier alpha value is -3.63. The molecule has 2 aliphatic heterocycles. The predicted octanol–water partition coefficient (Wildman–Crippen LogP) is 2.07. The van der Waals surface area contributed by atoms with Gasteiger partial charge in [-0.3, -0.25) is 23.7 Å². The molecule has 11 heteroatoms. The SMILES string of the molecule is CC(=O)N1CCCC2(CCCN2C(=O)/C=C/c2c(C)nn3c(O)c(C(=O)NC4CC4)c(=O)n(CC(C)C)c23)C1. The Morgan fingerprint density at radius 2 is 1.87 bits per heavy atom. The van der Waals surface area contributed by atoms with Gasteiger partial charge in [-0.15, -0.1) is 0 Å². The third kappa shape index (κ3) is 4.94. The molecule has 4 heterocycles. The van der Waals surface area contributed by atoms with Crippen LogP contribution in [0.3, 0.4) is 0 Å². The summed E-state index contributed by atoms with van der Waals surface area (Å²) in [6.45, 7) is 9.43. The summed E-state index contributed by atoms with van der Waals surface area (Å²) in [4.78, 5) is 55.7. The highest BCUT2D eigenvalue weighted by molar-refractivity contribution is 5.97. The number of likely N-dealkylation sites (tertiary alicyclic amines) is 2. The molecular formula is C28H38N6O5. The van der Waals surface area contributed by atoms with Crippen LogP contribution in [0, 0.1) is 12.8 Å². The summed E-state index contributed by atoms with van der Waals surface area (Å²) in [5.41, 5.74) is 0.124. The number of amides is 3. The molecule has 1 spiro atoms. The van der Waals surface area contributed by atoms with Gasteiger partial charge in [0.1, 0.15) is 5.65 Å². The van der Waals surface area contributed by atoms with Crippen LogP contribution in [0.5, 0.6) is 5.88 Å². The number of hydrogen-bond donors (Lipinski definition) is 2. The van der Waals surface area contributed by atoms with Crippen LogP contribution < -0.4 is 10.9 Å². The molecule has 0 radical (unpaired) electrons. The van der Waals surface area contributed by atoms with Crippen molar-refractivity contribution < 1.29 is 19.5 Å². The van der Waals surface area contributed by atoms with Crippen LogP contribution in [0.1, 0.15) is 80.9 Å². The van der Waals surface area contributed by atoms with Crippen molar-refractivity contribution in [2.75, 3.05) is 19.6 Å². The Labute approximate surface area is 227 Å². The molecule has 0 aromatic carbocycles. The lowest BCUT2D eigenvalue weighted by molar-refractivity contribution is -0.139. The lowest BCUT2D eigenvalue weighted by Crippen LogP contribution is -2.57. The lowest BCUT2D eigenvalue weighted by atomic mass is 9.86. The second-order valence-electron chi connectivity index (χ2n) is 11.7. The summed E-state index contributed by atoms with van der Waals surface area (Å²) in [7, 11) is 0. The van der Waals surface area contributed by atoms with Crippen LogP contribution in [0.25, 0.3) is 11.7 Å². The molecule has 1 atom stereocenters. The van der Waals surface area contributed by atoms with Crippen LogP contribution in [0.2, 0.25) is 0 Å². The summed E-state index contributed by atoms with van der Waals surface area (Å²) in [6, 6.07) is 0.0231. The monoisotopic (exact) mass is 538 g/mol. The Balaban J connectivity index is 1.52. The fourth-order valence-electron chi connectivity index (χ4n) is 6.11. The Bertz CT molecular complexity index is 1420. The van der Waals surface area contributed by atoms with Crippen molar-refractivity contribution in [1.82, 2.24) is 29.3 Å². The third-order valence-electron chi connectivity index (χ3n) is 8.16. The first-order chi connectivity index (χ1) is 18.5. The zero-order valence-corrected chi connectivity index (χ0v) is 23.2. The number of piperidine rings is 1. The molecule has 2 aromatic heterocycles. The van der Waals surface area contributed by atoms with Gasteiger partial charge >= 0.3 is 0 Å². The summed E-state index contributed by atoms with van der Waals surface area (Å²) in [5, 5.41) is 18.3. The number of aromatic nitrogens is 3. The average molecular weight is 539 g/mol. The number of aryl methyl sites for hydroxylation is 1.